The normalized spacial score (nSPS) is 10.7. The number of methoxy groups -OCH3 is 1. The molecule has 0 aliphatic heterocycles. The van der Waals surface area contributed by atoms with Crippen LogP contribution in [-0.2, 0) is 26.2 Å². The van der Waals surface area contributed by atoms with Crippen LogP contribution < -0.4 is 26.0 Å². The van der Waals surface area contributed by atoms with Crippen molar-refractivity contribution in [2.75, 3.05) is 7.11 Å². The Bertz CT molecular complexity index is 6430. The summed E-state index contributed by atoms with van der Waals surface area (Å²) in [6.07, 6.45) is 7.06. The molecule has 16 aromatic rings. The number of pyridine rings is 4. The molecule has 4 N–H and O–H groups in total. The minimum Gasteiger partial charge on any atom is -0.496 e. The number of para-hydroxylation sites is 1. The molecular weight excluding hydrogens is 1570 g/mol. The molecule has 126 heavy (non-hydrogen) atoms. The minimum atomic E-state index is -0.678. The van der Waals surface area contributed by atoms with E-state index in [1.165, 1.54) is 34.9 Å². The fourth-order valence-electron chi connectivity index (χ4n) is 13.9. The van der Waals surface area contributed by atoms with Crippen LogP contribution in [0, 0.1) is 79.8 Å². The first-order valence-electron chi connectivity index (χ1n) is 41.5. The Morgan fingerprint density at radius 3 is 0.778 bits per heavy atom. The molecule has 12 aromatic carbocycles. The number of nitrogens with one attached hydrogen (secondary N) is 4. The Morgan fingerprint density at radius 2 is 0.508 bits per heavy atom. The van der Waals surface area contributed by atoms with Crippen molar-refractivity contribution in [1.29, 1.82) is 0 Å². The lowest BCUT2D eigenvalue weighted by atomic mass is 9.95. The number of benzene rings is 12. The highest BCUT2D eigenvalue weighted by Gasteiger charge is 2.20. The van der Waals surface area contributed by atoms with Gasteiger partial charge in [-0.25, -0.2) is 13.2 Å². The van der Waals surface area contributed by atoms with Gasteiger partial charge in [-0.1, -0.05) is 210 Å². The molecule has 628 valence electrons. The number of halogens is 3. The van der Waals surface area contributed by atoms with Crippen LogP contribution in [0.15, 0.2) is 334 Å². The molecular formula is C110H97F3N8O5. The van der Waals surface area contributed by atoms with Crippen molar-refractivity contribution in [1.82, 2.24) is 41.2 Å². The fourth-order valence-corrected chi connectivity index (χ4v) is 13.9. The first-order valence-corrected chi connectivity index (χ1v) is 41.5. The summed E-state index contributed by atoms with van der Waals surface area (Å²) in [4.78, 5) is 69.1. The zero-order valence-electron chi connectivity index (χ0n) is 72.0. The zero-order chi connectivity index (χ0) is 88.8. The van der Waals surface area contributed by atoms with E-state index in [9.17, 15) is 32.3 Å². The van der Waals surface area contributed by atoms with E-state index in [0.717, 1.165) is 135 Å². The van der Waals surface area contributed by atoms with E-state index in [1.807, 2.05) is 205 Å². The van der Waals surface area contributed by atoms with Crippen LogP contribution in [0.25, 0.3) is 89.0 Å². The van der Waals surface area contributed by atoms with Crippen LogP contribution in [0.4, 0.5) is 13.2 Å². The zero-order valence-corrected chi connectivity index (χ0v) is 72.0. The quantitative estimate of drug-likeness (QED) is 0.0545. The monoisotopic (exact) mass is 1670 g/mol. The molecule has 0 aliphatic carbocycles. The number of nitrogens with zero attached hydrogens (tertiary/aromatic N) is 4. The van der Waals surface area contributed by atoms with Crippen molar-refractivity contribution < 1.29 is 37.1 Å². The van der Waals surface area contributed by atoms with Crippen LogP contribution in [0.5, 0.6) is 5.75 Å². The standard InChI is InChI=1S/C28H26N2O2.C28H26N2O.C27H22F2N2O.C27H23FN2O/c1-19-8-12-22(13-9-19)23-14-24(26-6-4-5-7-27(26)32-3)16-25(15-23)28(31)30-18-21-11-10-20(2)29-17-21;1-19-4-10-23(11-5-19)25-14-26(24-12-6-20(2)7-13-24)16-27(15-25)28(31)30-18-22-9-8-21(3)29-17-22;1-17-3-7-20(8-4-17)21-11-22(25-10-9-24(28)14-26(25)29)13-23(12-21)27(32)31-16-19-6-5-18(2)30-15-19;1-18-7-11-21(12-8-18)22-13-23(25-5-3-4-6-26(25)28)15-24(14-22)27(31)30-17-20-10-9-19(2)29-16-20/h4-17H,18H2,1-3H3,(H,30,31);4-17H,18H2,1-3H3,(H,30,31);3-15H,16H2,1-2H3,(H,31,32);3-16H,17H2,1-2H3,(H,30,31). The number of ether oxygens (including phenoxy) is 1. The van der Waals surface area contributed by atoms with Gasteiger partial charge in [0.2, 0.25) is 0 Å². The fraction of sp³-hybridized carbons (Fsp3) is 0.127. The summed E-state index contributed by atoms with van der Waals surface area (Å²) in [5.41, 5.74) is 29.0. The van der Waals surface area contributed by atoms with Gasteiger partial charge in [0.15, 0.2) is 0 Å². The molecule has 0 unspecified atom stereocenters. The van der Waals surface area contributed by atoms with Crippen LogP contribution >= 0.6 is 0 Å². The molecule has 0 atom stereocenters. The predicted molar refractivity (Wildman–Crippen MR) is 500 cm³/mol. The maximum Gasteiger partial charge on any atom is 0.251 e. The SMILES string of the molecule is COc1ccccc1-c1cc(C(=O)NCc2ccc(C)nc2)cc(-c2ccc(C)cc2)c1.Cc1ccc(-c2cc(C(=O)NCc3ccc(C)nc3)cc(-c3ccc(C)cc3)c2)cc1.Cc1ccc(-c2cc(C(=O)NCc3ccc(C)nc3)cc(-c3ccc(F)cc3F)c2)cc1.Cc1ccc(-c2cc(C(=O)NCc3ccc(C)nc3)cc(-c3ccccc3F)c2)cc1. The van der Waals surface area contributed by atoms with E-state index in [0.29, 0.717) is 65.1 Å². The smallest absolute Gasteiger partial charge is 0.251 e. The maximum atomic E-state index is 14.5. The van der Waals surface area contributed by atoms with Crippen molar-refractivity contribution in [3.8, 4) is 94.8 Å². The average Bonchev–Trinajstić information content (AvgIpc) is 0.808. The van der Waals surface area contributed by atoms with Gasteiger partial charge in [0.25, 0.3) is 23.6 Å². The molecule has 0 fully saturated rings. The van der Waals surface area contributed by atoms with Gasteiger partial charge < -0.3 is 26.0 Å². The summed E-state index contributed by atoms with van der Waals surface area (Å²) in [5, 5.41) is 11.9. The Morgan fingerprint density at radius 1 is 0.254 bits per heavy atom. The van der Waals surface area contributed by atoms with Crippen molar-refractivity contribution in [2.45, 2.75) is 88.5 Å². The molecule has 0 bridgehead atoms. The number of hydrogen-bond donors (Lipinski definition) is 4. The Balaban J connectivity index is 0.000000144. The van der Waals surface area contributed by atoms with Crippen LogP contribution in [0.3, 0.4) is 0 Å². The number of amides is 4. The van der Waals surface area contributed by atoms with Gasteiger partial charge in [-0.05, 0) is 278 Å². The van der Waals surface area contributed by atoms with Gasteiger partial charge >= 0.3 is 0 Å². The third kappa shape index (κ3) is 24.3. The van der Waals surface area contributed by atoms with Crippen LogP contribution in [0.2, 0.25) is 0 Å². The third-order valence-corrected chi connectivity index (χ3v) is 21.3. The van der Waals surface area contributed by atoms with Gasteiger partial charge in [0.1, 0.15) is 23.2 Å². The Hall–Kier alpha value is -15.3. The highest BCUT2D eigenvalue weighted by molar-refractivity contribution is 6.00. The third-order valence-electron chi connectivity index (χ3n) is 21.3. The second-order valence-corrected chi connectivity index (χ2v) is 31.3. The maximum absolute atomic E-state index is 14.5. The highest BCUT2D eigenvalue weighted by Crippen LogP contribution is 2.37. The molecule has 0 aliphatic rings. The van der Waals surface area contributed by atoms with Crippen molar-refractivity contribution in [3.63, 3.8) is 0 Å². The molecule has 4 amide bonds. The summed E-state index contributed by atoms with van der Waals surface area (Å²) in [6, 6.07) is 97.2. The van der Waals surface area contributed by atoms with Gasteiger partial charge in [-0.3, -0.25) is 39.1 Å². The van der Waals surface area contributed by atoms with E-state index in [2.05, 4.69) is 147 Å². The largest absolute Gasteiger partial charge is 0.496 e. The topological polar surface area (TPSA) is 177 Å². The number of rotatable bonds is 21. The molecule has 16 heteroatoms. The van der Waals surface area contributed by atoms with Gasteiger partial charge in [0.05, 0.1) is 7.11 Å². The summed E-state index contributed by atoms with van der Waals surface area (Å²) in [7, 11) is 1.66. The van der Waals surface area contributed by atoms with E-state index in [4.69, 9.17) is 4.74 Å². The highest BCUT2D eigenvalue weighted by atomic mass is 19.1. The molecule has 4 aromatic heterocycles. The molecule has 0 radical (unpaired) electrons. The molecule has 13 nitrogen and oxygen atoms in total. The molecule has 4 heterocycles. The number of aryl methyl sites for hydroxylation is 9. The first kappa shape index (κ1) is 88.5. The number of aromatic nitrogens is 4. The second kappa shape index (κ2) is 42.0. The lowest BCUT2D eigenvalue weighted by molar-refractivity contribution is 0.0943. The van der Waals surface area contributed by atoms with E-state index in [-0.39, 0.29) is 35.0 Å². The lowest BCUT2D eigenvalue weighted by Gasteiger charge is -2.13. The lowest BCUT2D eigenvalue weighted by Crippen LogP contribution is -2.23. The molecule has 0 saturated heterocycles. The summed E-state index contributed by atoms with van der Waals surface area (Å²) < 4.78 is 48.0. The summed E-state index contributed by atoms with van der Waals surface area (Å²) in [5.74, 6) is -1.60. The van der Waals surface area contributed by atoms with Gasteiger partial charge in [0, 0.05) is 119 Å². The van der Waals surface area contributed by atoms with Crippen LogP contribution in [-0.4, -0.2) is 50.7 Å². The minimum absolute atomic E-state index is 0.0945. The van der Waals surface area contributed by atoms with Crippen molar-refractivity contribution >= 4 is 23.6 Å². The van der Waals surface area contributed by atoms with Crippen molar-refractivity contribution in [2.24, 2.45) is 0 Å². The molecule has 0 spiro atoms. The van der Waals surface area contributed by atoms with Gasteiger partial charge in [-0.2, -0.15) is 0 Å². The summed E-state index contributed by atoms with van der Waals surface area (Å²) >= 11 is 0. The van der Waals surface area contributed by atoms with Gasteiger partial charge in [-0.15, -0.1) is 0 Å². The number of carbonyl (C=O) groups excluding carboxylic acids is 4. The number of hydrogen-bond acceptors (Lipinski definition) is 9. The Kier molecular flexibility index (Phi) is 29.5. The summed E-state index contributed by atoms with van der Waals surface area (Å²) in [6.45, 7) is 19.5. The average molecular weight is 1670 g/mol. The van der Waals surface area contributed by atoms with Crippen LogP contribution in [0.1, 0.15) is 114 Å². The number of carbonyl (C=O) groups is 4. The Labute approximate surface area is 734 Å². The first-order chi connectivity index (χ1) is 60.9. The van der Waals surface area contributed by atoms with E-state index >= 15 is 0 Å². The molecule has 16 rings (SSSR count). The van der Waals surface area contributed by atoms with E-state index in [1.54, 1.807) is 68.3 Å². The second-order valence-electron chi connectivity index (χ2n) is 31.3. The van der Waals surface area contributed by atoms with Crippen molar-refractivity contribution in [3.05, 3.63) is 447 Å². The predicted octanol–water partition coefficient (Wildman–Crippen LogP) is 24.6. The molecule has 0 saturated carbocycles. The van der Waals surface area contributed by atoms with E-state index < -0.39 is 11.6 Å².